The molecule has 2 N–H and O–H groups in total. The molecule has 1 saturated heterocycles. The summed E-state index contributed by atoms with van der Waals surface area (Å²) in [4.78, 5) is 29.9. The van der Waals surface area contributed by atoms with Crippen LogP contribution in [0.1, 0.15) is 34.6 Å². The second-order valence-electron chi connectivity index (χ2n) is 7.87. The molecule has 0 bridgehead atoms. The number of nitriles is 1. The highest BCUT2D eigenvalue weighted by atomic mass is 16.6. The zero-order valence-corrected chi connectivity index (χ0v) is 17.9. The van der Waals surface area contributed by atoms with E-state index >= 15 is 0 Å². The number of aliphatic hydroxyl groups is 1. The lowest BCUT2D eigenvalue weighted by Crippen LogP contribution is -2.36. The standard InChI is InChI=1S/C23H22N6O4/c1-27-11-8-25-23(27)22(31)15-2-4-19(21(13-15)29(32)33)26-17-3-5-20(16(12-17)14-24)28-9-6-18(30)7-10-28/h2-5,8,11-13,18,26,30H,6-7,9-10H2,1H3. The number of aliphatic hydroxyl groups excluding tert-OH is 1. The Hall–Kier alpha value is -4.23. The normalized spacial score (nSPS) is 14.0. The summed E-state index contributed by atoms with van der Waals surface area (Å²) >= 11 is 0. The fraction of sp³-hybridized carbons (Fsp3) is 0.261. The minimum Gasteiger partial charge on any atom is -0.393 e. The van der Waals surface area contributed by atoms with Crippen molar-refractivity contribution in [2.75, 3.05) is 23.3 Å². The van der Waals surface area contributed by atoms with Crippen molar-refractivity contribution in [2.45, 2.75) is 18.9 Å². The molecular formula is C23H22N6O4. The number of hydrogen-bond acceptors (Lipinski definition) is 8. The number of nitro groups is 1. The first-order valence-corrected chi connectivity index (χ1v) is 10.4. The SMILES string of the molecule is Cn1ccnc1C(=O)c1ccc(Nc2ccc(N3CCC(O)CC3)c(C#N)c2)c([N+](=O)[O-])c1. The highest BCUT2D eigenvalue weighted by Gasteiger charge is 2.22. The fourth-order valence-corrected chi connectivity index (χ4v) is 3.88. The molecule has 0 radical (unpaired) electrons. The third-order valence-electron chi connectivity index (χ3n) is 5.68. The van der Waals surface area contributed by atoms with Gasteiger partial charge in [0.15, 0.2) is 5.82 Å². The number of nitrogens with one attached hydrogen (secondary N) is 1. The van der Waals surface area contributed by atoms with Crippen LogP contribution in [0.3, 0.4) is 0 Å². The van der Waals surface area contributed by atoms with Crippen LogP contribution in [0.25, 0.3) is 0 Å². The van der Waals surface area contributed by atoms with E-state index in [4.69, 9.17) is 0 Å². The van der Waals surface area contributed by atoms with E-state index in [-0.39, 0.29) is 28.9 Å². The summed E-state index contributed by atoms with van der Waals surface area (Å²) in [5, 5.41) is 34.1. The number of piperidine rings is 1. The second kappa shape index (κ2) is 9.10. The first-order chi connectivity index (χ1) is 15.9. The lowest BCUT2D eigenvalue weighted by atomic mass is 10.0. The number of rotatable bonds is 6. The topological polar surface area (TPSA) is 137 Å². The molecule has 1 fully saturated rings. The highest BCUT2D eigenvalue weighted by Crippen LogP contribution is 2.32. The van der Waals surface area contributed by atoms with Crippen LogP contribution >= 0.6 is 0 Å². The number of benzene rings is 2. The predicted molar refractivity (Wildman–Crippen MR) is 122 cm³/mol. The van der Waals surface area contributed by atoms with Crippen LogP contribution in [-0.2, 0) is 7.05 Å². The Labute approximate surface area is 189 Å². The lowest BCUT2D eigenvalue weighted by Gasteiger charge is -2.32. The minimum atomic E-state index is -0.559. The number of aromatic nitrogens is 2. The van der Waals surface area contributed by atoms with Gasteiger partial charge in [-0.3, -0.25) is 14.9 Å². The first kappa shape index (κ1) is 22.0. The van der Waals surface area contributed by atoms with Crippen LogP contribution in [0.15, 0.2) is 48.8 Å². The van der Waals surface area contributed by atoms with Gasteiger partial charge in [-0.15, -0.1) is 0 Å². The van der Waals surface area contributed by atoms with Gasteiger partial charge in [-0.25, -0.2) is 4.98 Å². The van der Waals surface area contributed by atoms with Crippen molar-refractivity contribution in [2.24, 2.45) is 7.05 Å². The van der Waals surface area contributed by atoms with Crippen molar-refractivity contribution in [1.29, 1.82) is 5.26 Å². The number of aryl methyl sites for hydroxylation is 1. The van der Waals surface area contributed by atoms with Crippen molar-refractivity contribution >= 4 is 28.5 Å². The second-order valence-corrected chi connectivity index (χ2v) is 7.87. The fourth-order valence-electron chi connectivity index (χ4n) is 3.88. The number of hydrogen-bond donors (Lipinski definition) is 2. The van der Waals surface area contributed by atoms with Crippen LogP contribution in [-0.4, -0.2) is 44.6 Å². The Bertz CT molecular complexity index is 1250. The predicted octanol–water partition coefficient (Wildman–Crippen LogP) is 3.14. The average molecular weight is 446 g/mol. The van der Waals surface area contributed by atoms with Crippen LogP contribution in [0.4, 0.5) is 22.7 Å². The summed E-state index contributed by atoms with van der Waals surface area (Å²) in [5.41, 5.74) is 1.80. The Balaban J connectivity index is 1.61. The maximum absolute atomic E-state index is 12.7. The van der Waals surface area contributed by atoms with Crippen molar-refractivity contribution in [1.82, 2.24) is 9.55 Å². The molecule has 4 rings (SSSR count). The first-order valence-electron chi connectivity index (χ1n) is 10.4. The van der Waals surface area contributed by atoms with Crippen LogP contribution < -0.4 is 10.2 Å². The van der Waals surface area contributed by atoms with Crippen LogP contribution in [0.2, 0.25) is 0 Å². The van der Waals surface area contributed by atoms with Gasteiger partial charge in [0.05, 0.1) is 22.3 Å². The molecule has 168 valence electrons. The summed E-state index contributed by atoms with van der Waals surface area (Å²) in [5.74, 6) is -0.232. The number of carbonyl (C=O) groups excluding carboxylic acids is 1. The van der Waals surface area contributed by atoms with Crippen LogP contribution in [0.5, 0.6) is 0 Å². The number of carbonyl (C=O) groups is 1. The molecule has 2 heterocycles. The maximum Gasteiger partial charge on any atom is 0.293 e. The van der Waals surface area contributed by atoms with Gasteiger partial charge in [-0.2, -0.15) is 5.26 Å². The number of nitrogens with zero attached hydrogens (tertiary/aromatic N) is 5. The van der Waals surface area contributed by atoms with Gasteiger partial charge in [0.1, 0.15) is 11.8 Å². The van der Waals surface area contributed by atoms with E-state index < -0.39 is 10.7 Å². The molecule has 10 nitrogen and oxygen atoms in total. The molecule has 0 unspecified atom stereocenters. The zero-order valence-electron chi connectivity index (χ0n) is 17.9. The van der Waals surface area contributed by atoms with E-state index in [1.807, 2.05) is 0 Å². The lowest BCUT2D eigenvalue weighted by molar-refractivity contribution is -0.383. The molecule has 0 saturated carbocycles. The third kappa shape index (κ3) is 4.53. The van der Waals surface area contributed by atoms with Crippen LogP contribution in [0, 0.1) is 21.4 Å². The average Bonchev–Trinajstić information content (AvgIpc) is 3.25. The van der Waals surface area contributed by atoms with E-state index in [0.29, 0.717) is 37.2 Å². The van der Waals surface area contributed by atoms with Gasteiger partial charge < -0.3 is 19.9 Å². The van der Waals surface area contributed by atoms with Gasteiger partial charge in [-0.05, 0) is 43.2 Å². The Kier molecular flexibility index (Phi) is 6.06. The van der Waals surface area contributed by atoms with Gasteiger partial charge >= 0.3 is 0 Å². The Morgan fingerprint density at radius 1 is 1.27 bits per heavy atom. The number of ketones is 1. The quantitative estimate of drug-likeness (QED) is 0.335. The molecule has 10 heteroatoms. The smallest absolute Gasteiger partial charge is 0.293 e. The van der Waals surface area contributed by atoms with Gasteiger partial charge in [0.2, 0.25) is 5.78 Å². The zero-order chi connectivity index (χ0) is 23.5. The van der Waals surface area contributed by atoms with E-state index in [0.717, 1.165) is 5.69 Å². The third-order valence-corrected chi connectivity index (χ3v) is 5.68. The monoisotopic (exact) mass is 446 g/mol. The van der Waals surface area contributed by atoms with Gasteiger partial charge in [-0.1, -0.05) is 0 Å². The molecule has 0 spiro atoms. The molecule has 2 aromatic carbocycles. The minimum absolute atomic E-state index is 0.155. The molecule has 3 aromatic rings. The van der Waals surface area contributed by atoms with E-state index in [9.17, 15) is 25.3 Å². The largest absolute Gasteiger partial charge is 0.393 e. The Morgan fingerprint density at radius 2 is 2.03 bits per heavy atom. The summed E-state index contributed by atoms with van der Waals surface area (Å²) in [6.07, 6.45) is 4.07. The maximum atomic E-state index is 12.7. The van der Waals surface area contributed by atoms with Crippen molar-refractivity contribution in [3.8, 4) is 6.07 Å². The molecule has 0 aliphatic carbocycles. The number of imidazole rings is 1. The molecule has 1 aliphatic rings. The highest BCUT2D eigenvalue weighted by molar-refractivity contribution is 6.07. The molecule has 33 heavy (non-hydrogen) atoms. The molecule has 0 atom stereocenters. The van der Waals surface area contributed by atoms with Crippen molar-refractivity contribution < 1.29 is 14.8 Å². The molecular weight excluding hydrogens is 424 g/mol. The summed E-state index contributed by atoms with van der Waals surface area (Å²) in [7, 11) is 1.67. The molecule has 1 aromatic heterocycles. The van der Waals surface area contributed by atoms with Crippen molar-refractivity contribution in [3.63, 3.8) is 0 Å². The van der Waals surface area contributed by atoms with E-state index in [2.05, 4.69) is 21.3 Å². The molecule has 0 amide bonds. The summed E-state index contributed by atoms with van der Waals surface area (Å²) < 4.78 is 1.55. The van der Waals surface area contributed by atoms with Crippen molar-refractivity contribution in [3.05, 3.63) is 75.9 Å². The van der Waals surface area contributed by atoms with Gasteiger partial charge in [0, 0.05) is 49.8 Å². The number of nitro benzene ring substituents is 1. The molecule has 1 aliphatic heterocycles. The van der Waals surface area contributed by atoms with E-state index in [1.165, 1.54) is 24.4 Å². The van der Waals surface area contributed by atoms with E-state index in [1.54, 1.807) is 36.0 Å². The summed E-state index contributed by atoms with van der Waals surface area (Å²) in [6, 6.07) is 11.6. The number of anilines is 3. The summed E-state index contributed by atoms with van der Waals surface area (Å²) in [6.45, 7) is 1.30. The van der Waals surface area contributed by atoms with Gasteiger partial charge in [0.25, 0.3) is 5.69 Å². The Morgan fingerprint density at radius 3 is 2.67 bits per heavy atom.